The summed E-state index contributed by atoms with van der Waals surface area (Å²) in [7, 11) is 0. The number of ether oxygens (including phenoxy) is 2. The zero-order valence-corrected chi connectivity index (χ0v) is 22.8. The van der Waals surface area contributed by atoms with Crippen molar-refractivity contribution in [1.29, 1.82) is 0 Å². The Morgan fingerprint density at radius 1 is 1.03 bits per heavy atom. The zero-order valence-electron chi connectivity index (χ0n) is 22.8. The maximum atomic E-state index is 13.2. The monoisotopic (exact) mass is 519 g/mol. The van der Waals surface area contributed by atoms with Crippen LogP contribution < -0.4 is 10.6 Å². The fourth-order valence-electron chi connectivity index (χ4n) is 3.87. The molecule has 0 saturated heterocycles. The third kappa shape index (κ3) is 10.7. The largest absolute Gasteiger partial charge is 0.481 e. The first-order valence-electron chi connectivity index (χ1n) is 12.7. The van der Waals surface area contributed by atoms with Gasteiger partial charge in [-0.05, 0) is 78.1 Å². The molecule has 1 unspecified atom stereocenters. The maximum absolute atomic E-state index is 13.2. The van der Waals surface area contributed by atoms with E-state index in [1.165, 1.54) is 0 Å². The van der Waals surface area contributed by atoms with Gasteiger partial charge in [0.2, 0.25) is 5.91 Å². The Balaban J connectivity index is 1.99. The highest BCUT2D eigenvalue weighted by Gasteiger charge is 2.31. The van der Waals surface area contributed by atoms with Gasteiger partial charge in [0, 0.05) is 25.3 Å². The van der Waals surface area contributed by atoms with Gasteiger partial charge in [-0.1, -0.05) is 12.8 Å². The van der Waals surface area contributed by atoms with Crippen molar-refractivity contribution in [2.45, 2.75) is 97.4 Å². The van der Waals surface area contributed by atoms with Crippen molar-refractivity contribution in [3.05, 3.63) is 29.3 Å². The Labute approximate surface area is 219 Å². The second-order valence-corrected chi connectivity index (χ2v) is 11.3. The van der Waals surface area contributed by atoms with E-state index in [1.54, 1.807) is 43.9 Å². The standard InChI is InChI=1S/C27H41N3O7/c1-26(2,3)36-24(34)18-11-12-20-19(15-18)17-30(23(33)21(29-20)16-22(31)32)14-10-8-7-9-13-28-25(35)37-27(4,5)6/h11-12,15,21,29H,7-10,13-14,16-17H2,1-6H3,(H,28,35)(H,31,32). The summed E-state index contributed by atoms with van der Waals surface area (Å²) in [5.41, 5.74) is 0.550. The number of carbonyl (C=O) groups is 4. The van der Waals surface area contributed by atoms with Crippen molar-refractivity contribution >= 4 is 29.6 Å². The molecule has 1 heterocycles. The van der Waals surface area contributed by atoms with Crippen LogP contribution in [-0.4, -0.2) is 64.3 Å². The molecule has 1 aromatic rings. The molecule has 0 radical (unpaired) electrons. The number of hydrogen-bond donors (Lipinski definition) is 3. The molecular weight excluding hydrogens is 478 g/mol. The number of benzene rings is 1. The molecule has 1 atom stereocenters. The van der Waals surface area contributed by atoms with Gasteiger partial charge in [0.25, 0.3) is 0 Å². The number of alkyl carbamates (subject to hydrolysis) is 1. The number of nitrogens with zero attached hydrogens (tertiary/aromatic N) is 1. The second-order valence-electron chi connectivity index (χ2n) is 11.3. The highest BCUT2D eigenvalue weighted by atomic mass is 16.6. The molecule has 1 aromatic carbocycles. The van der Waals surface area contributed by atoms with Crippen LogP contribution in [0.3, 0.4) is 0 Å². The van der Waals surface area contributed by atoms with Crippen molar-refractivity contribution in [2.75, 3.05) is 18.4 Å². The minimum atomic E-state index is -1.07. The molecule has 2 rings (SSSR count). The van der Waals surface area contributed by atoms with Crippen LogP contribution in [0.1, 0.15) is 89.6 Å². The van der Waals surface area contributed by atoms with E-state index in [2.05, 4.69) is 10.6 Å². The van der Waals surface area contributed by atoms with Crippen molar-refractivity contribution < 1.29 is 33.8 Å². The highest BCUT2D eigenvalue weighted by Crippen LogP contribution is 2.27. The van der Waals surface area contributed by atoms with E-state index in [1.807, 2.05) is 20.8 Å². The molecule has 0 saturated carbocycles. The Morgan fingerprint density at radius 3 is 2.30 bits per heavy atom. The molecule has 0 aliphatic carbocycles. The summed E-state index contributed by atoms with van der Waals surface area (Å²) in [6, 6.07) is 4.10. The molecular formula is C27H41N3O7. The average Bonchev–Trinajstić information content (AvgIpc) is 2.86. The molecule has 10 nitrogen and oxygen atoms in total. The fourth-order valence-corrected chi connectivity index (χ4v) is 3.87. The number of aliphatic carboxylic acids is 1. The van der Waals surface area contributed by atoms with Crippen molar-refractivity contribution in [3.63, 3.8) is 0 Å². The first kappa shape index (κ1) is 29.9. The lowest BCUT2D eigenvalue weighted by molar-refractivity contribution is -0.141. The van der Waals surface area contributed by atoms with Crippen LogP contribution in [0.4, 0.5) is 10.5 Å². The Morgan fingerprint density at radius 2 is 1.68 bits per heavy atom. The molecule has 37 heavy (non-hydrogen) atoms. The van der Waals surface area contributed by atoms with Gasteiger partial charge >= 0.3 is 18.0 Å². The summed E-state index contributed by atoms with van der Waals surface area (Å²) in [6.45, 7) is 12.0. The number of carbonyl (C=O) groups excluding carboxylic acids is 3. The Bertz CT molecular complexity index is 979. The van der Waals surface area contributed by atoms with Gasteiger partial charge in [0.1, 0.15) is 17.2 Å². The predicted molar refractivity (Wildman–Crippen MR) is 139 cm³/mol. The number of carboxylic acid groups (broad SMARTS) is 1. The van der Waals surface area contributed by atoms with E-state index in [0.717, 1.165) is 31.2 Å². The molecule has 0 bridgehead atoms. The van der Waals surface area contributed by atoms with Gasteiger partial charge < -0.3 is 30.1 Å². The first-order chi connectivity index (χ1) is 17.1. The number of hydrogen-bond acceptors (Lipinski definition) is 7. The molecule has 0 spiro atoms. The minimum Gasteiger partial charge on any atom is -0.481 e. The Hall–Kier alpha value is -3.30. The molecule has 10 heteroatoms. The molecule has 206 valence electrons. The molecule has 0 fully saturated rings. The van der Waals surface area contributed by atoms with Crippen LogP contribution in [0.5, 0.6) is 0 Å². The number of amides is 2. The van der Waals surface area contributed by atoms with E-state index in [4.69, 9.17) is 9.47 Å². The number of esters is 1. The average molecular weight is 520 g/mol. The van der Waals surface area contributed by atoms with Gasteiger partial charge in [-0.25, -0.2) is 9.59 Å². The van der Waals surface area contributed by atoms with E-state index in [-0.39, 0.29) is 18.9 Å². The third-order valence-electron chi connectivity index (χ3n) is 5.44. The highest BCUT2D eigenvalue weighted by molar-refractivity contribution is 5.93. The number of anilines is 1. The van der Waals surface area contributed by atoms with Crippen LogP contribution in [0.25, 0.3) is 0 Å². The van der Waals surface area contributed by atoms with Crippen LogP contribution in [0.2, 0.25) is 0 Å². The van der Waals surface area contributed by atoms with Gasteiger partial charge in [-0.2, -0.15) is 0 Å². The molecule has 0 aromatic heterocycles. The van der Waals surface area contributed by atoms with E-state index in [0.29, 0.717) is 24.3 Å². The van der Waals surface area contributed by atoms with E-state index >= 15 is 0 Å². The van der Waals surface area contributed by atoms with Gasteiger partial charge in [-0.15, -0.1) is 0 Å². The SMILES string of the molecule is CC(C)(C)OC(=O)NCCCCCCN1Cc2cc(C(=O)OC(C)(C)C)ccc2NC(CC(=O)O)C1=O. The summed E-state index contributed by atoms with van der Waals surface area (Å²) in [6.07, 6.45) is 2.40. The topological polar surface area (TPSA) is 134 Å². The quantitative estimate of drug-likeness (QED) is 0.307. The second kappa shape index (κ2) is 12.8. The fraction of sp³-hybridized carbons (Fsp3) is 0.630. The number of nitrogens with one attached hydrogen (secondary N) is 2. The van der Waals surface area contributed by atoms with Crippen LogP contribution >= 0.6 is 0 Å². The van der Waals surface area contributed by atoms with Crippen LogP contribution in [-0.2, 0) is 25.6 Å². The molecule has 3 N–H and O–H groups in total. The lowest BCUT2D eigenvalue weighted by atomic mass is 10.1. The van der Waals surface area contributed by atoms with Crippen molar-refractivity contribution in [3.8, 4) is 0 Å². The lowest BCUT2D eigenvalue weighted by Gasteiger charge is -2.24. The van der Waals surface area contributed by atoms with Crippen molar-refractivity contribution in [2.24, 2.45) is 0 Å². The predicted octanol–water partition coefficient (Wildman–Crippen LogP) is 4.32. The van der Waals surface area contributed by atoms with E-state index < -0.39 is 35.3 Å². The normalized spacial score (nSPS) is 15.8. The van der Waals surface area contributed by atoms with E-state index in [9.17, 15) is 24.3 Å². The molecule has 1 aliphatic rings. The molecule has 2 amide bonds. The summed E-state index contributed by atoms with van der Waals surface area (Å²) < 4.78 is 10.7. The van der Waals surface area contributed by atoms with Crippen LogP contribution in [0.15, 0.2) is 18.2 Å². The first-order valence-corrected chi connectivity index (χ1v) is 12.7. The maximum Gasteiger partial charge on any atom is 0.407 e. The summed E-state index contributed by atoms with van der Waals surface area (Å²) in [4.78, 5) is 50.5. The van der Waals surface area contributed by atoms with Gasteiger partial charge in [0.05, 0.1) is 12.0 Å². The van der Waals surface area contributed by atoms with Gasteiger partial charge in [0.15, 0.2) is 0 Å². The zero-order chi connectivity index (χ0) is 27.8. The van der Waals surface area contributed by atoms with Crippen molar-refractivity contribution in [1.82, 2.24) is 10.2 Å². The number of rotatable bonds is 10. The lowest BCUT2D eigenvalue weighted by Crippen LogP contribution is -2.42. The van der Waals surface area contributed by atoms with Crippen LogP contribution in [0, 0.1) is 0 Å². The minimum absolute atomic E-state index is 0.258. The molecule has 1 aliphatic heterocycles. The summed E-state index contributed by atoms with van der Waals surface area (Å²) in [5, 5.41) is 15.1. The van der Waals surface area contributed by atoms with Gasteiger partial charge in [-0.3, -0.25) is 9.59 Å². The number of fused-ring (bicyclic) bond motifs is 1. The summed E-state index contributed by atoms with van der Waals surface area (Å²) >= 11 is 0. The smallest absolute Gasteiger partial charge is 0.407 e. The Kier molecular flexibility index (Phi) is 10.3. The number of carboxylic acids is 1. The third-order valence-corrected chi connectivity index (χ3v) is 5.44. The number of unbranched alkanes of at least 4 members (excludes halogenated alkanes) is 3. The summed E-state index contributed by atoms with van der Waals surface area (Å²) in [5.74, 6) is -1.82.